The van der Waals surface area contributed by atoms with E-state index in [1.54, 1.807) is 0 Å². The summed E-state index contributed by atoms with van der Waals surface area (Å²) in [5.74, 6) is -1.05. The van der Waals surface area contributed by atoms with Crippen molar-refractivity contribution in [2.45, 2.75) is 19.8 Å². The molecule has 2 aromatic rings. The van der Waals surface area contributed by atoms with Crippen molar-refractivity contribution in [1.82, 2.24) is 4.98 Å². The Morgan fingerprint density at radius 3 is 3.05 bits per heavy atom. The zero-order valence-electron chi connectivity index (χ0n) is 10.8. The molecule has 0 saturated carbocycles. The second-order valence-electron chi connectivity index (χ2n) is 3.98. The lowest BCUT2D eigenvalue weighted by molar-refractivity contribution is 0.0702. The molecule has 2 rings (SSSR count). The van der Waals surface area contributed by atoms with Gasteiger partial charge in [0.25, 0.3) is 0 Å². The van der Waals surface area contributed by atoms with E-state index >= 15 is 0 Å². The molecule has 0 fully saturated rings. The summed E-state index contributed by atoms with van der Waals surface area (Å²) in [7, 11) is 0. The van der Waals surface area contributed by atoms with E-state index in [4.69, 9.17) is 14.3 Å². The van der Waals surface area contributed by atoms with E-state index in [9.17, 15) is 9.59 Å². The number of carboxylic acid groups (broad SMARTS) is 1. The van der Waals surface area contributed by atoms with E-state index in [-0.39, 0.29) is 27.5 Å². The highest BCUT2D eigenvalue weighted by atomic mass is 32.1. The van der Waals surface area contributed by atoms with Gasteiger partial charge in [0, 0.05) is 6.07 Å². The van der Waals surface area contributed by atoms with Crippen molar-refractivity contribution >= 4 is 17.3 Å². The van der Waals surface area contributed by atoms with Crippen LogP contribution in [-0.2, 0) is 0 Å². The predicted octanol–water partition coefficient (Wildman–Crippen LogP) is 2.64. The van der Waals surface area contributed by atoms with Crippen LogP contribution in [0.15, 0.2) is 27.1 Å². The van der Waals surface area contributed by atoms with Gasteiger partial charge in [-0.25, -0.2) is 9.78 Å². The summed E-state index contributed by atoms with van der Waals surface area (Å²) in [5.41, 5.74) is 1.15. The van der Waals surface area contributed by atoms with Crippen molar-refractivity contribution in [3.05, 3.63) is 32.9 Å². The first-order valence-corrected chi connectivity index (χ1v) is 6.94. The number of rotatable bonds is 6. The number of hydrogen-bond acceptors (Lipinski definition) is 6. The van der Waals surface area contributed by atoms with Gasteiger partial charge in [0.2, 0.25) is 11.2 Å². The van der Waals surface area contributed by atoms with Crippen LogP contribution in [-0.4, -0.2) is 22.7 Å². The molecule has 0 bridgehead atoms. The van der Waals surface area contributed by atoms with Crippen molar-refractivity contribution in [1.29, 1.82) is 0 Å². The second-order valence-corrected chi connectivity index (χ2v) is 4.84. The Labute approximate surface area is 118 Å². The molecule has 20 heavy (non-hydrogen) atoms. The number of carbonyl (C=O) groups is 1. The molecular formula is C13H13NO5S. The maximum absolute atomic E-state index is 11.9. The number of thiazole rings is 1. The third-order valence-electron chi connectivity index (χ3n) is 2.56. The number of aromatic nitrogens is 1. The van der Waals surface area contributed by atoms with E-state index in [2.05, 4.69) is 4.98 Å². The predicted molar refractivity (Wildman–Crippen MR) is 73.4 cm³/mol. The molecule has 0 aliphatic heterocycles. The number of ether oxygens (including phenoxy) is 1. The van der Waals surface area contributed by atoms with Gasteiger partial charge in [-0.15, -0.1) is 11.3 Å². The SMILES string of the molecule is CCCCOc1c(-c2ncsc2C(=O)O)occc1=O. The molecule has 1 N–H and O–H groups in total. The van der Waals surface area contributed by atoms with E-state index in [1.165, 1.54) is 17.8 Å². The standard InChI is InChI=1S/C13H13NO5S/c1-2-3-5-18-10-8(15)4-6-19-11(10)9-12(13(16)17)20-7-14-9/h4,6-7H,2-3,5H2,1H3,(H,16,17). The van der Waals surface area contributed by atoms with Crippen LogP contribution in [0.4, 0.5) is 0 Å². The molecule has 0 aliphatic carbocycles. The van der Waals surface area contributed by atoms with Gasteiger partial charge in [-0.2, -0.15) is 0 Å². The van der Waals surface area contributed by atoms with Gasteiger partial charge in [0.1, 0.15) is 10.6 Å². The van der Waals surface area contributed by atoms with Crippen molar-refractivity contribution in [2.24, 2.45) is 0 Å². The molecule has 106 valence electrons. The van der Waals surface area contributed by atoms with Crippen molar-refractivity contribution < 1.29 is 19.1 Å². The third kappa shape index (κ3) is 2.88. The first-order valence-electron chi connectivity index (χ1n) is 6.07. The Morgan fingerprint density at radius 2 is 2.35 bits per heavy atom. The number of unbranched alkanes of at least 4 members (excludes halogenated alkanes) is 1. The summed E-state index contributed by atoms with van der Waals surface area (Å²) in [4.78, 5) is 27.0. The maximum atomic E-state index is 11.9. The largest absolute Gasteiger partial charge is 0.486 e. The minimum absolute atomic E-state index is 0.00866. The second kappa shape index (κ2) is 6.33. The van der Waals surface area contributed by atoms with E-state index in [0.29, 0.717) is 6.61 Å². The molecule has 0 spiro atoms. The summed E-state index contributed by atoms with van der Waals surface area (Å²) in [6, 6.07) is 1.23. The lowest BCUT2D eigenvalue weighted by atomic mass is 10.2. The molecule has 7 heteroatoms. The Balaban J connectivity index is 2.45. The van der Waals surface area contributed by atoms with Crippen LogP contribution in [0.2, 0.25) is 0 Å². The van der Waals surface area contributed by atoms with Crippen LogP contribution in [0.3, 0.4) is 0 Å². The first kappa shape index (κ1) is 14.3. The highest BCUT2D eigenvalue weighted by Gasteiger charge is 2.22. The zero-order chi connectivity index (χ0) is 14.5. The van der Waals surface area contributed by atoms with E-state index < -0.39 is 5.97 Å². The highest BCUT2D eigenvalue weighted by Crippen LogP contribution is 2.30. The van der Waals surface area contributed by atoms with Gasteiger partial charge in [0.05, 0.1) is 18.4 Å². The van der Waals surface area contributed by atoms with Gasteiger partial charge < -0.3 is 14.3 Å². The Hall–Kier alpha value is -2.15. The topological polar surface area (TPSA) is 89.6 Å². The molecule has 6 nitrogen and oxygen atoms in total. The van der Waals surface area contributed by atoms with Crippen LogP contribution in [0.5, 0.6) is 5.75 Å². The number of aromatic carboxylic acids is 1. The van der Waals surface area contributed by atoms with Crippen LogP contribution in [0.25, 0.3) is 11.5 Å². The first-order chi connectivity index (χ1) is 9.65. The average molecular weight is 295 g/mol. The van der Waals surface area contributed by atoms with Crippen LogP contribution >= 0.6 is 11.3 Å². The molecule has 2 aromatic heterocycles. The van der Waals surface area contributed by atoms with Gasteiger partial charge in [-0.3, -0.25) is 4.79 Å². The third-order valence-corrected chi connectivity index (χ3v) is 3.37. The van der Waals surface area contributed by atoms with Crippen molar-refractivity contribution in [2.75, 3.05) is 6.61 Å². The number of hydrogen-bond donors (Lipinski definition) is 1. The Bertz CT molecular complexity index is 661. The van der Waals surface area contributed by atoms with Gasteiger partial charge in [-0.05, 0) is 6.42 Å². The average Bonchev–Trinajstić information content (AvgIpc) is 2.90. The summed E-state index contributed by atoms with van der Waals surface area (Å²) >= 11 is 0.967. The monoisotopic (exact) mass is 295 g/mol. The van der Waals surface area contributed by atoms with Crippen LogP contribution < -0.4 is 10.2 Å². The fourth-order valence-electron chi connectivity index (χ4n) is 1.58. The molecule has 0 aliphatic rings. The normalized spacial score (nSPS) is 10.4. The molecule has 0 radical (unpaired) electrons. The minimum atomic E-state index is -1.12. The minimum Gasteiger partial charge on any atom is -0.486 e. The smallest absolute Gasteiger partial charge is 0.348 e. The molecule has 0 saturated heterocycles. The van der Waals surface area contributed by atoms with E-state index in [0.717, 1.165) is 24.2 Å². The molecule has 0 atom stereocenters. The van der Waals surface area contributed by atoms with Gasteiger partial charge in [0.15, 0.2) is 5.76 Å². The van der Waals surface area contributed by atoms with E-state index in [1.807, 2.05) is 6.92 Å². The number of carboxylic acids is 1. The summed E-state index contributed by atoms with van der Waals surface area (Å²) < 4.78 is 10.7. The Kier molecular flexibility index (Phi) is 4.52. The molecule has 0 aromatic carbocycles. The zero-order valence-corrected chi connectivity index (χ0v) is 11.6. The molecular weight excluding hydrogens is 282 g/mol. The summed E-state index contributed by atoms with van der Waals surface area (Å²) in [6.07, 6.45) is 2.91. The molecule has 0 unspecified atom stereocenters. The van der Waals surface area contributed by atoms with Crippen molar-refractivity contribution in [3.63, 3.8) is 0 Å². The summed E-state index contributed by atoms with van der Waals surface area (Å²) in [6.45, 7) is 2.37. The quantitative estimate of drug-likeness (QED) is 0.824. The van der Waals surface area contributed by atoms with Crippen LogP contribution in [0.1, 0.15) is 29.4 Å². The maximum Gasteiger partial charge on any atom is 0.348 e. The number of nitrogens with zero attached hydrogens (tertiary/aromatic N) is 1. The molecule has 2 heterocycles. The van der Waals surface area contributed by atoms with Gasteiger partial charge in [-0.1, -0.05) is 13.3 Å². The van der Waals surface area contributed by atoms with Crippen LogP contribution in [0, 0.1) is 0 Å². The Morgan fingerprint density at radius 1 is 1.55 bits per heavy atom. The van der Waals surface area contributed by atoms with Crippen molar-refractivity contribution in [3.8, 4) is 17.2 Å². The molecule has 0 amide bonds. The fourth-order valence-corrected chi connectivity index (χ4v) is 2.20. The van der Waals surface area contributed by atoms with Gasteiger partial charge >= 0.3 is 5.97 Å². The lowest BCUT2D eigenvalue weighted by Gasteiger charge is -2.07. The fraction of sp³-hybridized carbons (Fsp3) is 0.308. The highest BCUT2D eigenvalue weighted by molar-refractivity contribution is 7.12. The lowest BCUT2D eigenvalue weighted by Crippen LogP contribution is -2.10. The summed E-state index contributed by atoms with van der Waals surface area (Å²) in [5, 5.41) is 9.10.